The number of carboxylic acids is 1. The van der Waals surface area contributed by atoms with Gasteiger partial charge in [-0.15, -0.1) is 0 Å². The number of rotatable bonds is 0. The number of nitrogens with one attached hydrogen (secondary N) is 1. The van der Waals surface area contributed by atoms with Crippen molar-refractivity contribution >= 4 is 5.97 Å². The highest BCUT2D eigenvalue weighted by Gasteiger charge is 2.38. The number of carbonyl (C=O) groups is 1. The number of carboxylic acid groups (broad SMARTS) is 1. The van der Waals surface area contributed by atoms with Crippen LogP contribution in [0.3, 0.4) is 0 Å². The minimum atomic E-state index is -5.08. The molecule has 1 aliphatic heterocycles. The Morgan fingerprint density at radius 3 is 1.67 bits per heavy atom. The summed E-state index contributed by atoms with van der Waals surface area (Å²) < 4.78 is 31.7. The lowest BCUT2D eigenvalue weighted by atomic mass is 10.1. The average molecular weight is 231 g/mol. The number of hydrogen-bond donors (Lipinski definition) is 4. The summed E-state index contributed by atoms with van der Waals surface area (Å²) in [5, 5.41) is 27.3. The molecule has 0 radical (unpaired) electrons. The van der Waals surface area contributed by atoms with Crippen LogP contribution in [0.4, 0.5) is 13.2 Å². The fourth-order valence-corrected chi connectivity index (χ4v) is 0.893. The van der Waals surface area contributed by atoms with E-state index in [1.807, 2.05) is 0 Å². The molecule has 15 heavy (non-hydrogen) atoms. The lowest BCUT2D eigenvalue weighted by molar-refractivity contribution is -0.192. The van der Waals surface area contributed by atoms with Gasteiger partial charge < -0.3 is 15.3 Å². The Hall–Kier alpha value is -0.860. The molecule has 1 fully saturated rings. The van der Waals surface area contributed by atoms with Gasteiger partial charge in [0.2, 0.25) is 0 Å². The van der Waals surface area contributed by atoms with Crippen LogP contribution in [-0.4, -0.2) is 39.9 Å². The van der Waals surface area contributed by atoms with Gasteiger partial charge in [0.15, 0.2) is 0 Å². The highest BCUT2D eigenvalue weighted by molar-refractivity contribution is 5.73. The third kappa shape index (κ3) is 7.11. The number of hydrogen-bond acceptors (Lipinski definition) is 4. The monoisotopic (exact) mass is 231 g/mol. The zero-order valence-electron chi connectivity index (χ0n) is 7.66. The molecule has 0 bridgehead atoms. The van der Waals surface area contributed by atoms with Crippen LogP contribution in [0.2, 0.25) is 0 Å². The molecular weight excluding hydrogens is 219 g/mol. The topological polar surface area (TPSA) is 89.8 Å². The van der Waals surface area contributed by atoms with E-state index in [9.17, 15) is 13.2 Å². The predicted molar refractivity (Wildman–Crippen MR) is 42.7 cm³/mol. The zero-order valence-corrected chi connectivity index (χ0v) is 7.66. The molecule has 0 aromatic heterocycles. The number of aliphatic hydroxyl groups is 2. The first kappa shape index (κ1) is 14.1. The van der Waals surface area contributed by atoms with E-state index < -0.39 is 24.6 Å². The Balaban J connectivity index is 0.000000265. The summed E-state index contributed by atoms with van der Waals surface area (Å²) in [4.78, 5) is 8.90. The number of piperidine rings is 1. The largest absolute Gasteiger partial charge is 0.490 e. The molecule has 5 nitrogen and oxygen atoms in total. The van der Waals surface area contributed by atoms with Gasteiger partial charge in [0.1, 0.15) is 12.5 Å². The molecule has 2 unspecified atom stereocenters. The van der Waals surface area contributed by atoms with Crippen molar-refractivity contribution in [2.45, 2.75) is 37.9 Å². The smallest absolute Gasteiger partial charge is 0.475 e. The molecule has 8 heteroatoms. The van der Waals surface area contributed by atoms with Crippen molar-refractivity contribution in [3.63, 3.8) is 0 Å². The summed E-state index contributed by atoms with van der Waals surface area (Å²) in [5.41, 5.74) is 0. The van der Waals surface area contributed by atoms with Gasteiger partial charge in [0, 0.05) is 0 Å². The fourth-order valence-electron chi connectivity index (χ4n) is 0.893. The van der Waals surface area contributed by atoms with Gasteiger partial charge in [-0.2, -0.15) is 13.2 Å². The van der Waals surface area contributed by atoms with Crippen LogP contribution in [0, 0.1) is 0 Å². The molecule has 2 atom stereocenters. The van der Waals surface area contributed by atoms with Crippen LogP contribution in [0.1, 0.15) is 19.3 Å². The molecule has 90 valence electrons. The van der Waals surface area contributed by atoms with Crippen LogP contribution in [0.25, 0.3) is 0 Å². The van der Waals surface area contributed by atoms with Gasteiger partial charge in [-0.05, 0) is 19.3 Å². The van der Waals surface area contributed by atoms with Gasteiger partial charge in [-0.1, -0.05) is 0 Å². The van der Waals surface area contributed by atoms with Gasteiger partial charge in [0.25, 0.3) is 0 Å². The number of alkyl halides is 3. The maximum absolute atomic E-state index is 10.6. The second-order valence-electron chi connectivity index (χ2n) is 2.93. The fraction of sp³-hybridized carbons (Fsp3) is 0.857. The quantitative estimate of drug-likeness (QED) is 0.472. The molecule has 4 N–H and O–H groups in total. The van der Waals surface area contributed by atoms with E-state index in [-0.39, 0.29) is 0 Å². The Morgan fingerprint density at radius 2 is 1.53 bits per heavy atom. The van der Waals surface area contributed by atoms with Crippen LogP contribution in [-0.2, 0) is 4.79 Å². The first-order valence-electron chi connectivity index (χ1n) is 4.15. The first-order chi connectivity index (χ1) is 6.73. The van der Waals surface area contributed by atoms with Gasteiger partial charge >= 0.3 is 12.1 Å². The summed E-state index contributed by atoms with van der Waals surface area (Å²) >= 11 is 0. The lowest BCUT2D eigenvalue weighted by Crippen LogP contribution is -2.41. The molecule has 0 spiro atoms. The van der Waals surface area contributed by atoms with E-state index in [0.29, 0.717) is 0 Å². The van der Waals surface area contributed by atoms with Crippen molar-refractivity contribution in [3.8, 4) is 0 Å². The van der Waals surface area contributed by atoms with E-state index in [1.165, 1.54) is 0 Å². The summed E-state index contributed by atoms with van der Waals surface area (Å²) in [7, 11) is 0. The van der Waals surface area contributed by atoms with E-state index in [4.69, 9.17) is 20.1 Å². The van der Waals surface area contributed by atoms with Crippen LogP contribution in [0.5, 0.6) is 0 Å². The van der Waals surface area contributed by atoms with Crippen LogP contribution < -0.4 is 5.32 Å². The van der Waals surface area contributed by atoms with E-state index in [1.54, 1.807) is 0 Å². The van der Waals surface area contributed by atoms with Crippen molar-refractivity contribution in [3.05, 3.63) is 0 Å². The van der Waals surface area contributed by atoms with Crippen molar-refractivity contribution in [2.75, 3.05) is 0 Å². The maximum atomic E-state index is 10.6. The Labute approximate surface area is 83.5 Å². The highest BCUT2D eigenvalue weighted by Crippen LogP contribution is 2.13. The molecule has 1 heterocycles. The van der Waals surface area contributed by atoms with Crippen LogP contribution in [0.15, 0.2) is 0 Å². The third-order valence-corrected chi connectivity index (χ3v) is 1.58. The Kier molecular flexibility index (Phi) is 5.55. The number of aliphatic carboxylic acids is 1. The standard InChI is InChI=1S/C5H11NO2.C2HF3O2/c7-4-2-1-3-5(8)6-4;3-2(4,5)1(6)7/h4-8H,1-3H2;(H,6,7). The van der Waals surface area contributed by atoms with Crippen molar-refractivity contribution < 1.29 is 33.3 Å². The van der Waals surface area contributed by atoms with Gasteiger partial charge in [-0.25, -0.2) is 4.79 Å². The molecular formula is C7H12F3NO4. The molecule has 0 aliphatic carbocycles. The zero-order chi connectivity index (χ0) is 12.1. The van der Waals surface area contributed by atoms with Crippen molar-refractivity contribution in [1.82, 2.24) is 5.32 Å². The molecule has 0 saturated carbocycles. The molecule has 0 aromatic rings. The molecule has 0 amide bonds. The Morgan fingerprint density at radius 1 is 1.20 bits per heavy atom. The second kappa shape index (κ2) is 5.89. The van der Waals surface area contributed by atoms with Gasteiger partial charge in [0.05, 0.1) is 0 Å². The number of halogens is 3. The van der Waals surface area contributed by atoms with Crippen molar-refractivity contribution in [1.29, 1.82) is 0 Å². The maximum Gasteiger partial charge on any atom is 0.490 e. The van der Waals surface area contributed by atoms with Crippen molar-refractivity contribution in [2.24, 2.45) is 0 Å². The Bertz CT molecular complexity index is 201. The van der Waals surface area contributed by atoms with E-state index >= 15 is 0 Å². The SMILES string of the molecule is O=C(O)C(F)(F)F.OC1CCCC(O)N1. The molecule has 1 rings (SSSR count). The summed E-state index contributed by atoms with van der Waals surface area (Å²) in [5.74, 6) is -2.76. The van der Waals surface area contributed by atoms with E-state index in [2.05, 4.69) is 5.32 Å². The molecule has 1 aliphatic rings. The third-order valence-electron chi connectivity index (χ3n) is 1.58. The normalized spacial score (nSPS) is 26.5. The predicted octanol–water partition coefficient (Wildman–Crippen LogP) is 0.0300. The van der Waals surface area contributed by atoms with Gasteiger partial charge in [-0.3, -0.25) is 5.32 Å². The molecule has 1 saturated heterocycles. The highest BCUT2D eigenvalue weighted by atomic mass is 19.4. The first-order valence-corrected chi connectivity index (χ1v) is 4.15. The minimum absolute atomic E-state index is 0.487. The minimum Gasteiger partial charge on any atom is -0.475 e. The van der Waals surface area contributed by atoms with Crippen LogP contribution >= 0.6 is 0 Å². The summed E-state index contributed by atoms with van der Waals surface area (Å²) in [6.07, 6.45) is -3.62. The summed E-state index contributed by atoms with van der Waals surface area (Å²) in [6, 6.07) is 0. The number of aliphatic hydroxyl groups excluding tert-OH is 2. The lowest BCUT2D eigenvalue weighted by Gasteiger charge is -2.23. The molecule has 0 aromatic carbocycles. The summed E-state index contributed by atoms with van der Waals surface area (Å²) in [6.45, 7) is 0. The van der Waals surface area contributed by atoms with E-state index in [0.717, 1.165) is 19.3 Å². The second-order valence-corrected chi connectivity index (χ2v) is 2.93. The average Bonchev–Trinajstić information content (AvgIpc) is 2.02.